The van der Waals surface area contributed by atoms with Gasteiger partial charge in [-0.1, -0.05) is 32.4 Å². The Labute approximate surface area is 143 Å². The van der Waals surface area contributed by atoms with E-state index < -0.39 is 11.9 Å². The molecule has 0 aliphatic heterocycles. The fourth-order valence-corrected chi connectivity index (χ4v) is 3.37. The number of aliphatic carboxylic acids is 1. The fourth-order valence-electron chi connectivity index (χ4n) is 3.37. The third-order valence-corrected chi connectivity index (χ3v) is 4.83. The van der Waals surface area contributed by atoms with E-state index >= 15 is 0 Å². The molecule has 1 aromatic carbocycles. The van der Waals surface area contributed by atoms with Gasteiger partial charge in [0.2, 0.25) is 5.91 Å². The number of methoxy groups -OCH3 is 1. The van der Waals surface area contributed by atoms with Gasteiger partial charge in [0, 0.05) is 5.92 Å². The van der Waals surface area contributed by atoms with E-state index in [1.54, 1.807) is 7.11 Å². The maximum atomic E-state index is 12.6. The zero-order valence-corrected chi connectivity index (χ0v) is 14.6. The summed E-state index contributed by atoms with van der Waals surface area (Å²) in [5.74, 6) is -0.406. The Bertz CT molecular complexity index is 567. The van der Waals surface area contributed by atoms with Crippen molar-refractivity contribution in [2.75, 3.05) is 7.11 Å². The SMILES string of the molecule is COc1ccc(C(NC(=O)C2CCCC(C(=O)O)C2)C(C)C)cc1. The zero-order valence-electron chi connectivity index (χ0n) is 14.6. The Hall–Kier alpha value is -2.04. The van der Waals surface area contributed by atoms with Gasteiger partial charge < -0.3 is 15.2 Å². The maximum Gasteiger partial charge on any atom is 0.306 e. The second-order valence-electron chi connectivity index (χ2n) is 6.90. The second kappa shape index (κ2) is 8.18. The largest absolute Gasteiger partial charge is 0.497 e. The minimum absolute atomic E-state index is 0.0320. The standard InChI is InChI=1S/C19H27NO4/c1-12(2)17(13-7-9-16(24-3)10-8-13)20-18(21)14-5-4-6-15(11-14)19(22)23/h7-10,12,14-15,17H,4-6,11H2,1-3H3,(H,20,21)(H,22,23). The van der Waals surface area contributed by atoms with Crippen LogP contribution in [-0.4, -0.2) is 24.1 Å². The van der Waals surface area contributed by atoms with Crippen LogP contribution in [0.5, 0.6) is 5.75 Å². The highest BCUT2D eigenvalue weighted by Crippen LogP contribution is 2.31. The average Bonchev–Trinajstić information content (AvgIpc) is 2.59. The van der Waals surface area contributed by atoms with Gasteiger partial charge in [-0.3, -0.25) is 9.59 Å². The summed E-state index contributed by atoms with van der Waals surface area (Å²) < 4.78 is 5.18. The first-order valence-corrected chi connectivity index (χ1v) is 8.59. The average molecular weight is 333 g/mol. The monoisotopic (exact) mass is 333 g/mol. The van der Waals surface area contributed by atoms with Crippen molar-refractivity contribution in [2.24, 2.45) is 17.8 Å². The molecule has 2 rings (SSSR count). The third kappa shape index (κ3) is 4.49. The van der Waals surface area contributed by atoms with E-state index in [0.29, 0.717) is 12.8 Å². The van der Waals surface area contributed by atoms with Crippen LogP contribution >= 0.6 is 0 Å². The van der Waals surface area contributed by atoms with Crippen LogP contribution in [0.4, 0.5) is 0 Å². The number of carbonyl (C=O) groups is 2. The zero-order chi connectivity index (χ0) is 17.7. The Kier molecular flexibility index (Phi) is 6.23. The summed E-state index contributed by atoms with van der Waals surface area (Å²) in [4.78, 5) is 23.8. The molecule has 24 heavy (non-hydrogen) atoms. The highest BCUT2D eigenvalue weighted by atomic mass is 16.5. The number of nitrogens with one attached hydrogen (secondary N) is 1. The fraction of sp³-hybridized carbons (Fsp3) is 0.579. The van der Waals surface area contributed by atoms with Crippen LogP contribution in [0.15, 0.2) is 24.3 Å². The van der Waals surface area contributed by atoms with Crippen LogP contribution in [0.25, 0.3) is 0 Å². The minimum Gasteiger partial charge on any atom is -0.497 e. The van der Waals surface area contributed by atoms with E-state index in [9.17, 15) is 14.7 Å². The van der Waals surface area contributed by atoms with Gasteiger partial charge in [0.15, 0.2) is 0 Å². The summed E-state index contributed by atoms with van der Waals surface area (Å²) >= 11 is 0. The van der Waals surface area contributed by atoms with Crippen molar-refractivity contribution in [3.05, 3.63) is 29.8 Å². The molecule has 132 valence electrons. The van der Waals surface area contributed by atoms with E-state index in [1.165, 1.54) is 0 Å². The Balaban J connectivity index is 2.06. The summed E-state index contributed by atoms with van der Waals surface area (Å²) in [7, 11) is 1.62. The van der Waals surface area contributed by atoms with Gasteiger partial charge in [0.25, 0.3) is 0 Å². The first kappa shape index (κ1) is 18.3. The number of amides is 1. The Morgan fingerprint density at radius 3 is 2.33 bits per heavy atom. The smallest absolute Gasteiger partial charge is 0.306 e. The van der Waals surface area contributed by atoms with Gasteiger partial charge in [0.1, 0.15) is 5.75 Å². The molecule has 1 aliphatic rings. The molecule has 0 radical (unpaired) electrons. The van der Waals surface area contributed by atoms with Gasteiger partial charge in [-0.05, 0) is 42.9 Å². The Morgan fingerprint density at radius 1 is 1.17 bits per heavy atom. The molecule has 0 bridgehead atoms. The summed E-state index contributed by atoms with van der Waals surface area (Å²) in [5.41, 5.74) is 1.03. The van der Waals surface area contributed by atoms with Crippen molar-refractivity contribution < 1.29 is 19.4 Å². The van der Waals surface area contributed by atoms with Crippen LogP contribution in [0.3, 0.4) is 0 Å². The molecule has 3 atom stereocenters. The third-order valence-electron chi connectivity index (χ3n) is 4.83. The lowest BCUT2D eigenvalue weighted by atomic mass is 9.80. The van der Waals surface area contributed by atoms with E-state index in [-0.39, 0.29) is 23.8 Å². The van der Waals surface area contributed by atoms with E-state index in [0.717, 1.165) is 24.2 Å². The number of carboxylic acid groups (broad SMARTS) is 1. The molecule has 0 aromatic heterocycles. The predicted molar refractivity (Wildman–Crippen MR) is 91.8 cm³/mol. The molecule has 0 saturated heterocycles. The van der Waals surface area contributed by atoms with Crippen molar-refractivity contribution in [3.63, 3.8) is 0 Å². The van der Waals surface area contributed by atoms with E-state index in [2.05, 4.69) is 19.2 Å². The van der Waals surface area contributed by atoms with Crippen molar-refractivity contribution in [1.29, 1.82) is 0 Å². The van der Waals surface area contributed by atoms with Crippen LogP contribution in [-0.2, 0) is 9.59 Å². The van der Waals surface area contributed by atoms with Gasteiger partial charge >= 0.3 is 5.97 Å². The topological polar surface area (TPSA) is 75.6 Å². The highest BCUT2D eigenvalue weighted by Gasteiger charge is 2.32. The quantitative estimate of drug-likeness (QED) is 0.836. The second-order valence-corrected chi connectivity index (χ2v) is 6.90. The molecule has 1 amide bonds. The lowest BCUT2D eigenvalue weighted by molar-refractivity contribution is -0.144. The summed E-state index contributed by atoms with van der Waals surface area (Å²) in [6.45, 7) is 4.13. The Morgan fingerprint density at radius 2 is 1.79 bits per heavy atom. The number of hydrogen-bond donors (Lipinski definition) is 2. The molecule has 1 aromatic rings. The molecule has 5 heteroatoms. The molecule has 1 fully saturated rings. The number of rotatable bonds is 6. The van der Waals surface area contributed by atoms with Crippen molar-refractivity contribution >= 4 is 11.9 Å². The van der Waals surface area contributed by atoms with Gasteiger partial charge in [-0.15, -0.1) is 0 Å². The molecule has 2 N–H and O–H groups in total. The van der Waals surface area contributed by atoms with E-state index in [4.69, 9.17) is 4.74 Å². The summed E-state index contributed by atoms with van der Waals surface area (Å²) in [6.07, 6.45) is 2.67. The molecular formula is C19H27NO4. The number of ether oxygens (including phenoxy) is 1. The molecular weight excluding hydrogens is 306 g/mol. The first-order valence-electron chi connectivity index (χ1n) is 8.59. The molecule has 0 heterocycles. The van der Waals surface area contributed by atoms with Crippen LogP contribution in [0.1, 0.15) is 51.1 Å². The van der Waals surface area contributed by atoms with Crippen LogP contribution in [0, 0.1) is 17.8 Å². The van der Waals surface area contributed by atoms with E-state index in [1.807, 2.05) is 24.3 Å². The lowest BCUT2D eigenvalue weighted by Gasteiger charge is -2.29. The molecule has 5 nitrogen and oxygen atoms in total. The molecule has 1 saturated carbocycles. The lowest BCUT2D eigenvalue weighted by Crippen LogP contribution is -2.39. The van der Waals surface area contributed by atoms with Crippen LogP contribution < -0.4 is 10.1 Å². The highest BCUT2D eigenvalue weighted by molar-refractivity contribution is 5.80. The van der Waals surface area contributed by atoms with Crippen molar-refractivity contribution in [3.8, 4) is 5.75 Å². The molecule has 0 spiro atoms. The number of hydrogen-bond acceptors (Lipinski definition) is 3. The maximum absolute atomic E-state index is 12.6. The number of carboxylic acids is 1. The van der Waals surface area contributed by atoms with Crippen molar-refractivity contribution in [2.45, 2.75) is 45.6 Å². The predicted octanol–water partition coefficient (Wildman–Crippen LogP) is 3.40. The minimum atomic E-state index is -0.789. The normalized spacial score (nSPS) is 22.0. The van der Waals surface area contributed by atoms with Gasteiger partial charge in [-0.25, -0.2) is 0 Å². The number of carbonyl (C=O) groups excluding carboxylic acids is 1. The molecule has 3 unspecified atom stereocenters. The van der Waals surface area contributed by atoms with Gasteiger partial charge in [0.05, 0.1) is 19.1 Å². The first-order chi connectivity index (χ1) is 11.4. The van der Waals surface area contributed by atoms with Gasteiger partial charge in [-0.2, -0.15) is 0 Å². The summed E-state index contributed by atoms with van der Waals surface area (Å²) in [6, 6.07) is 7.61. The summed E-state index contributed by atoms with van der Waals surface area (Å²) in [5, 5.41) is 12.3. The van der Waals surface area contributed by atoms with Crippen molar-refractivity contribution in [1.82, 2.24) is 5.32 Å². The molecule has 1 aliphatic carbocycles. The number of benzene rings is 1. The van der Waals surface area contributed by atoms with Crippen LogP contribution in [0.2, 0.25) is 0 Å².